The van der Waals surface area contributed by atoms with Crippen LogP contribution in [0.3, 0.4) is 0 Å². The molecular formula is C14H20FN3O. The Morgan fingerprint density at radius 2 is 2.05 bits per heavy atom. The number of nitrogens with one attached hydrogen (secondary N) is 1. The zero-order valence-electron chi connectivity index (χ0n) is 11.4. The van der Waals surface area contributed by atoms with E-state index in [1.807, 2.05) is 19.0 Å². The average Bonchev–Trinajstić information content (AvgIpc) is 2.54. The van der Waals surface area contributed by atoms with Crippen LogP contribution in [0.2, 0.25) is 0 Å². The van der Waals surface area contributed by atoms with E-state index in [0.29, 0.717) is 13.1 Å². The van der Waals surface area contributed by atoms with Crippen LogP contribution in [0.25, 0.3) is 0 Å². The summed E-state index contributed by atoms with van der Waals surface area (Å²) < 4.78 is 13.0. The minimum absolute atomic E-state index is 0.0535. The highest BCUT2D eigenvalue weighted by molar-refractivity contribution is 5.97. The van der Waals surface area contributed by atoms with E-state index in [4.69, 9.17) is 0 Å². The minimum Gasteiger partial charge on any atom is -0.311 e. The van der Waals surface area contributed by atoms with E-state index in [2.05, 4.69) is 5.32 Å². The lowest BCUT2D eigenvalue weighted by Crippen LogP contribution is -2.49. The molecule has 5 heteroatoms. The molecule has 1 aromatic rings. The van der Waals surface area contributed by atoms with Crippen molar-refractivity contribution < 1.29 is 9.18 Å². The SMILES string of the molecule is CN(C)CC1NCCCN(c2ccc(F)cc2)C1=O. The molecule has 0 aromatic heterocycles. The Morgan fingerprint density at radius 1 is 1.37 bits per heavy atom. The Morgan fingerprint density at radius 3 is 2.68 bits per heavy atom. The lowest BCUT2D eigenvalue weighted by atomic mass is 10.2. The molecule has 1 aromatic carbocycles. The van der Waals surface area contributed by atoms with Crippen LogP contribution in [-0.4, -0.2) is 50.6 Å². The first kappa shape index (κ1) is 14.0. The zero-order chi connectivity index (χ0) is 13.8. The van der Waals surface area contributed by atoms with Crippen molar-refractivity contribution in [2.45, 2.75) is 12.5 Å². The first-order valence-electron chi connectivity index (χ1n) is 6.53. The number of likely N-dealkylation sites (N-methyl/N-ethyl adjacent to an activating group) is 1. The van der Waals surface area contributed by atoms with Gasteiger partial charge in [0.15, 0.2) is 0 Å². The number of nitrogens with zero attached hydrogens (tertiary/aromatic N) is 2. The second-order valence-electron chi connectivity index (χ2n) is 5.09. The maximum absolute atomic E-state index is 13.0. The van der Waals surface area contributed by atoms with Crippen molar-refractivity contribution in [1.82, 2.24) is 10.2 Å². The molecule has 1 atom stereocenters. The molecule has 0 bridgehead atoms. The monoisotopic (exact) mass is 265 g/mol. The molecule has 0 radical (unpaired) electrons. The quantitative estimate of drug-likeness (QED) is 0.888. The summed E-state index contributed by atoms with van der Waals surface area (Å²) in [5, 5.41) is 3.27. The summed E-state index contributed by atoms with van der Waals surface area (Å²) in [6.45, 7) is 2.15. The topological polar surface area (TPSA) is 35.6 Å². The van der Waals surface area contributed by atoms with Crippen LogP contribution in [-0.2, 0) is 4.79 Å². The number of halogens is 1. The highest BCUT2D eigenvalue weighted by Crippen LogP contribution is 2.18. The predicted molar refractivity (Wildman–Crippen MR) is 73.7 cm³/mol. The van der Waals surface area contributed by atoms with E-state index in [-0.39, 0.29) is 17.8 Å². The molecule has 2 rings (SSSR count). The fourth-order valence-electron chi connectivity index (χ4n) is 2.28. The number of hydrogen-bond donors (Lipinski definition) is 1. The van der Waals surface area contributed by atoms with E-state index in [1.54, 1.807) is 17.0 Å². The number of rotatable bonds is 3. The first-order valence-corrected chi connectivity index (χ1v) is 6.53. The van der Waals surface area contributed by atoms with E-state index in [0.717, 1.165) is 18.7 Å². The molecule has 1 aliphatic rings. The lowest BCUT2D eigenvalue weighted by molar-refractivity contribution is -0.120. The number of carbonyl (C=O) groups excluding carboxylic acids is 1. The third-order valence-corrected chi connectivity index (χ3v) is 3.20. The summed E-state index contributed by atoms with van der Waals surface area (Å²) in [6.07, 6.45) is 0.896. The van der Waals surface area contributed by atoms with Crippen LogP contribution in [0.4, 0.5) is 10.1 Å². The largest absolute Gasteiger partial charge is 0.311 e. The van der Waals surface area contributed by atoms with Gasteiger partial charge in [-0.2, -0.15) is 0 Å². The van der Waals surface area contributed by atoms with Gasteiger partial charge in [0.25, 0.3) is 0 Å². The van der Waals surface area contributed by atoms with Crippen LogP contribution in [0.5, 0.6) is 0 Å². The molecule has 1 heterocycles. The van der Waals surface area contributed by atoms with Gasteiger partial charge in [-0.15, -0.1) is 0 Å². The Labute approximate surface area is 113 Å². The van der Waals surface area contributed by atoms with E-state index in [1.165, 1.54) is 12.1 Å². The maximum Gasteiger partial charge on any atom is 0.245 e. The molecule has 19 heavy (non-hydrogen) atoms. The molecule has 0 spiro atoms. The Balaban J connectivity index is 2.18. The summed E-state index contributed by atoms with van der Waals surface area (Å²) in [5.74, 6) is -0.230. The lowest BCUT2D eigenvalue weighted by Gasteiger charge is -2.26. The van der Waals surface area contributed by atoms with Gasteiger partial charge in [0.1, 0.15) is 11.9 Å². The molecule has 1 amide bonds. The Hall–Kier alpha value is -1.46. The van der Waals surface area contributed by atoms with Gasteiger partial charge in [-0.1, -0.05) is 0 Å². The van der Waals surface area contributed by atoms with Gasteiger partial charge in [-0.05, 0) is 51.3 Å². The third kappa shape index (κ3) is 3.52. The smallest absolute Gasteiger partial charge is 0.245 e. The first-order chi connectivity index (χ1) is 9.08. The van der Waals surface area contributed by atoms with Gasteiger partial charge in [-0.3, -0.25) is 4.79 Å². The molecule has 1 fully saturated rings. The van der Waals surface area contributed by atoms with Gasteiger partial charge < -0.3 is 15.1 Å². The normalized spacial score (nSPS) is 20.7. The number of anilines is 1. The highest BCUT2D eigenvalue weighted by Gasteiger charge is 2.27. The summed E-state index contributed by atoms with van der Waals surface area (Å²) in [7, 11) is 3.89. The van der Waals surface area contributed by atoms with Crippen molar-refractivity contribution >= 4 is 11.6 Å². The fourth-order valence-corrected chi connectivity index (χ4v) is 2.28. The Kier molecular flexibility index (Phi) is 4.50. The summed E-state index contributed by atoms with van der Waals surface area (Å²) >= 11 is 0. The van der Waals surface area contributed by atoms with Gasteiger partial charge in [0.2, 0.25) is 5.91 Å². The van der Waals surface area contributed by atoms with Crippen molar-refractivity contribution in [3.8, 4) is 0 Å². The average molecular weight is 265 g/mol. The van der Waals surface area contributed by atoms with Gasteiger partial charge >= 0.3 is 0 Å². The second-order valence-corrected chi connectivity index (χ2v) is 5.09. The molecule has 4 nitrogen and oxygen atoms in total. The van der Waals surface area contributed by atoms with Crippen LogP contribution in [0.15, 0.2) is 24.3 Å². The number of amides is 1. The standard InChI is InChI=1S/C14H20FN3O/c1-17(2)10-13-14(19)18(9-3-8-16-13)12-6-4-11(15)5-7-12/h4-7,13,16H,3,8-10H2,1-2H3. The molecule has 0 saturated carbocycles. The zero-order valence-corrected chi connectivity index (χ0v) is 11.4. The molecule has 1 saturated heterocycles. The number of carbonyl (C=O) groups is 1. The molecular weight excluding hydrogens is 245 g/mol. The van der Waals surface area contributed by atoms with Crippen molar-refractivity contribution in [2.24, 2.45) is 0 Å². The second kappa shape index (κ2) is 6.12. The van der Waals surface area contributed by atoms with Crippen LogP contribution in [0, 0.1) is 5.82 Å². The fraction of sp³-hybridized carbons (Fsp3) is 0.500. The van der Waals surface area contributed by atoms with Gasteiger partial charge in [0.05, 0.1) is 0 Å². The van der Waals surface area contributed by atoms with Gasteiger partial charge in [0, 0.05) is 18.8 Å². The van der Waals surface area contributed by atoms with Crippen molar-refractivity contribution in [3.63, 3.8) is 0 Å². The predicted octanol–water partition coefficient (Wildman–Crippen LogP) is 1.08. The molecule has 1 unspecified atom stereocenters. The molecule has 0 aliphatic carbocycles. The van der Waals surface area contributed by atoms with Crippen molar-refractivity contribution in [2.75, 3.05) is 38.6 Å². The number of hydrogen-bond acceptors (Lipinski definition) is 3. The van der Waals surface area contributed by atoms with E-state index < -0.39 is 0 Å². The molecule has 1 aliphatic heterocycles. The minimum atomic E-state index is -0.283. The molecule has 104 valence electrons. The highest BCUT2D eigenvalue weighted by atomic mass is 19.1. The van der Waals surface area contributed by atoms with Crippen LogP contribution in [0.1, 0.15) is 6.42 Å². The summed E-state index contributed by atoms with van der Waals surface area (Å²) in [5.41, 5.74) is 0.763. The summed E-state index contributed by atoms with van der Waals surface area (Å²) in [4.78, 5) is 16.2. The Bertz CT molecular complexity index is 433. The van der Waals surface area contributed by atoms with E-state index >= 15 is 0 Å². The van der Waals surface area contributed by atoms with Crippen molar-refractivity contribution in [1.29, 1.82) is 0 Å². The maximum atomic E-state index is 13.0. The third-order valence-electron chi connectivity index (χ3n) is 3.20. The van der Waals surface area contributed by atoms with Crippen LogP contribution >= 0.6 is 0 Å². The number of benzene rings is 1. The van der Waals surface area contributed by atoms with Gasteiger partial charge in [-0.25, -0.2) is 4.39 Å². The molecule has 1 N–H and O–H groups in total. The van der Waals surface area contributed by atoms with Crippen LogP contribution < -0.4 is 10.2 Å². The summed E-state index contributed by atoms with van der Waals surface area (Å²) in [6, 6.07) is 5.89. The van der Waals surface area contributed by atoms with Crippen molar-refractivity contribution in [3.05, 3.63) is 30.1 Å². The van der Waals surface area contributed by atoms with E-state index in [9.17, 15) is 9.18 Å².